The van der Waals surface area contributed by atoms with Crippen LogP contribution in [0.3, 0.4) is 0 Å². The number of carbonyl (C=O) groups is 4. The van der Waals surface area contributed by atoms with Crippen molar-refractivity contribution >= 4 is 34.4 Å². The highest BCUT2D eigenvalue weighted by atomic mass is 16.2. The first kappa shape index (κ1) is 17.4. The van der Waals surface area contributed by atoms with Crippen LogP contribution in [-0.2, 0) is 0 Å². The predicted octanol–water partition coefficient (Wildman–Crippen LogP) is 3.24. The molecule has 2 aliphatic rings. The first-order valence-corrected chi connectivity index (χ1v) is 8.92. The largest absolute Gasteiger partial charge is 0.272 e. The third-order valence-corrected chi connectivity index (χ3v) is 5.11. The smallest absolute Gasteiger partial charge is 0.261 e. The summed E-state index contributed by atoms with van der Waals surface area (Å²) in [7, 11) is 0. The van der Waals surface area contributed by atoms with Gasteiger partial charge in [-0.1, -0.05) is 0 Å². The maximum Gasteiger partial charge on any atom is 0.261 e. The van der Waals surface area contributed by atoms with Gasteiger partial charge in [-0.05, 0) is 58.9 Å². The van der Waals surface area contributed by atoms with Gasteiger partial charge >= 0.3 is 0 Å². The summed E-state index contributed by atoms with van der Waals surface area (Å²) in [6.45, 7) is 8.94. The van der Waals surface area contributed by atoms with Crippen LogP contribution >= 0.6 is 0 Å². The molecule has 0 aromatic heterocycles. The minimum absolute atomic E-state index is 0.292. The quantitative estimate of drug-likeness (QED) is 0.728. The van der Waals surface area contributed by atoms with Gasteiger partial charge in [0.15, 0.2) is 0 Å². The third-order valence-electron chi connectivity index (χ3n) is 5.11. The zero-order chi connectivity index (χ0) is 19.8. The SMILES string of the molecule is CC(C)N1C(=O)c2ccc3c4c(ccc(c24)C1=O)C(=O)N(C(C)(C)C)C3=O. The van der Waals surface area contributed by atoms with Crippen LogP contribution in [-0.4, -0.2) is 45.0 Å². The van der Waals surface area contributed by atoms with Crippen molar-refractivity contribution in [2.24, 2.45) is 0 Å². The summed E-state index contributed by atoms with van der Waals surface area (Å²) in [5, 5.41) is 0.817. The molecule has 0 atom stereocenters. The van der Waals surface area contributed by atoms with Crippen LogP contribution in [0, 0.1) is 0 Å². The van der Waals surface area contributed by atoms with Crippen LogP contribution in [0.25, 0.3) is 10.8 Å². The van der Waals surface area contributed by atoms with Gasteiger partial charge in [0, 0.05) is 44.6 Å². The Morgan fingerprint density at radius 2 is 1.00 bits per heavy atom. The molecule has 0 N–H and O–H groups in total. The summed E-state index contributed by atoms with van der Waals surface area (Å²) in [5.74, 6) is -1.61. The molecule has 2 heterocycles. The lowest BCUT2D eigenvalue weighted by atomic mass is 9.84. The first-order chi connectivity index (χ1) is 12.6. The number of imide groups is 2. The van der Waals surface area contributed by atoms with Crippen molar-refractivity contribution in [1.29, 1.82) is 0 Å². The fourth-order valence-corrected chi connectivity index (χ4v) is 3.97. The second-order valence-electron chi connectivity index (χ2n) is 8.26. The van der Waals surface area contributed by atoms with Crippen LogP contribution in [0.1, 0.15) is 76.1 Å². The third kappa shape index (κ3) is 2.13. The van der Waals surface area contributed by atoms with Crippen LogP contribution in [0.5, 0.6) is 0 Å². The molecule has 0 unspecified atom stereocenters. The molecule has 6 heteroatoms. The van der Waals surface area contributed by atoms with E-state index in [0.29, 0.717) is 33.0 Å². The molecule has 0 saturated heterocycles. The minimum atomic E-state index is -0.688. The van der Waals surface area contributed by atoms with Gasteiger partial charge in [-0.25, -0.2) is 0 Å². The highest BCUT2D eigenvalue weighted by Gasteiger charge is 2.43. The Morgan fingerprint density at radius 3 is 1.30 bits per heavy atom. The Hall–Kier alpha value is -3.02. The lowest BCUT2D eigenvalue weighted by molar-refractivity contribution is 0.0455. The minimum Gasteiger partial charge on any atom is -0.272 e. The van der Waals surface area contributed by atoms with Gasteiger partial charge in [0.05, 0.1) is 0 Å². The zero-order valence-corrected chi connectivity index (χ0v) is 15.9. The molecule has 2 aromatic rings. The molecule has 0 spiro atoms. The Morgan fingerprint density at radius 1 is 0.667 bits per heavy atom. The van der Waals surface area contributed by atoms with E-state index in [-0.39, 0.29) is 6.04 Å². The highest BCUT2D eigenvalue weighted by molar-refractivity contribution is 6.33. The van der Waals surface area contributed by atoms with Crippen LogP contribution in [0.15, 0.2) is 24.3 Å². The first-order valence-electron chi connectivity index (χ1n) is 8.92. The van der Waals surface area contributed by atoms with Gasteiger partial charge in [-0.2, -0.15) is 0 Å². The van der Waals surface area contributed by atoms with E-state index in [9.17, 15) is 19.2 Å². The number of rotatable bonds is 1. The second-order valence-corrected chi connectivity index (χ2v) is 8.26. The van der Waals surface area contributed by atoms with E-state index in [2.05, 4.69) is 0 Å². The molecule has 2 aromatic carbocycles. The van der Waals surface area contributed by atoms with Crippen LogP contribution < -0.4 is 0 Å². The molecule has 4 amide bonds. The Balaban J connectivity index is 2.08. The van der Waals surface area contributed by atoms with Crippen molar-refractivity contribution < 1.29 is 19.2 Å². The number of amides is 4. The van der Waals surface area contributed by atoms with Crippen molar-refractivity contribution in [3.63, 3.8) is 0 Å². The molecule has 0 radical (unpaired) electrons. The second kappa shape index (κ2) is 5.25. The van der Waals surface area contributed by atoms with E-state index in [0.717, 1.165) is 0 Å². The molecule has 2 aliphatic heterocycles. The standard InChI is InChI=1S/C21H20N2O4/c1-10(2)22-17(24)11-6-8-13-16-14(9-7-12(15(11)16)18(22)25)20(27)23(19(13)26)21(3,4)5/h6-10H,1-5H3. The summed E-state index contributed by atoms with van der Waals surface area (Å²) in [6, 6.07) is 6.06. The number of benzene rings is 2. The number of carbonyl (C=O) groups excluding carboxylic acids is 4. The molecular formula is C21H20N2O4. The molecule has 4 rings (SSSR count). The number of nitrogens with zero attached hydrogens (tertiary/aromatic N) is 2. The topological polar surface area (TPSA) is 74.8 Å². The molecule has 6 nitrogen and oxygen atoms in total. The van der Waals surface area contributed by atoms with Crippen molar-refractivity contribution in [2.75, 3.05) is 0 Å². The van der Waals surface area contributed by atoms with Crippen LogP contribution in [0.2, 0.25) is 0 Å². The van der Waals surface area contributed by atoms with E-state index in [1.165, 1.54) is 9.80 Å². The van der Waals surface area contributed by atoms with Gasteiger partial charge in [0.1, 0.15) is 0 Å². The summed E-state index contributed by atoms with van der Waals surface area (Å²) in [6.07, 6.45) is 0. The fourth-order valence-electron chi connectivity index (χ4n) is 3.97. The summed E-state index contributed by atoms with van der Waals surface area (Å²) >= 11 is 0. The summed E-state index contributed by atoms with van der Waals surface area (Å²) in [4.78, 5) is 54.3. The van der Waals surface area contributed by atoms with Gasteiger partial charge in [0.25, 0.3) is 23.6 Å². The van der Waals surface area contributed by atoms with E-state index in [4.69, 9.17) is 0 Å². The summed E-state index contributed by atoms with van der Waals surface area (Å²) < 4.78 is 0. The Bertz CT molecular complexity index is 1010. The van der Waals surface area contributed by atoms with E-state index in [1.54, 1.807) is 58.9 Å². The van der Waals surface area contributed by atoms with Crippen molar-refractivity contribution in [3.8, 4) is 0 Å². The lowest BCUT2D eigenvalue weighted by Crippen LogP contribution is -2.51. The molecular weight excluding hydrogens is 344 g/mol. The average molecular weight is 364 g/mol. The van der Waals surface area contributed by atoms with Gasteiger partial charge in [-0.15, -0.1) is 0 Å². The van der Waals surface area contributed by atoms with Crippen molar-refractivity contribution in [3.05, 3.63) is 46.5 Å². The maximum atomic E-state index is 13.0. The molecule has 0 aliphatic carbocycles. The zero-order valence-electron chi connectivity index (χ0n) is 15.9. The van der Waals surface area contributed by atoms with E-state index in [1.807, 2.05) is 0 Å². The molecule has 138 valence electrons. The maximum absolute atomic E-state index is 13.0. The normalized spacial score (nSPS) is 16.8. The Labute approximate surface area is 156 Å². The fraction of sp³-hybridized carbons (Fsp3) is 0.333. The van der Waals surface area contributed by atoms with Gasteiger partial charge in [-0.3, -0.25) is 29.0 Å². The molecule has 27 heavy (non-hydrogen) atoms. The molecule has 0 fully saturated rings. The average Bonchev–Trinajstić information content (AvgIpc) is 2.56. The molecule has 0 bridgehead atoms. The van der Waals surface area contributed by atoms with Crippen molar-refractivity contribution in [1.82, 2.24) is 9.80 Å². The van der Waals surface area contributed by atoms with Crippen LogP contribution in [0.4, 0.5) is 0 Å². The number of hydrogen-bond donors (Lipinski definition) is 0. The summed E-state index contributed by atoms with van der Waals surface area (Å²) in [5.41, 5.74) is 0.706. The monoisotopic (exact) mass is 364 g/mol. The van der Waals surface area contributed by atoms with Gasteiger partial charge < -0.3 is 0 Å². The number of hydrogen-bond acceptors (Lipinski definition) is 4. The lowest BCUT2D eigenvalue weighted by Gasteiger charge is -2.38. The molecule has 0 saturated carbocycles. The van der Waals surface area contributed by atoms with E-state index < -0.39 is 29.2 Å². The van der Waals surface area contributed by atoms with Gasteiger partial charge in [0.2, 0.25) is 0 Å². The highest BCUT2D eigenvalue weighted by Crippen LogP contribution is 2.39. The predicted molar refractivity (Wildman–Crippen MR) is 99.8 cm³/mol. The Kier molecular flexibility index (Phi) is 3.38. The van der Waals surface area contributed by atoms with Crippen molar-refractivity contribution in [2.45, 2.75) is 46.2 Å². The van der Waals surface area contributed by atoms with E-state index >= 15 is 0 Å².